The Hall–Kier alpha value is -1.92. The molecule has 0 aliphatic carbocycles. The Balaban J connectivity index is 1.72. The first-order chi connectivity index (χ1) is 10.6. The summed E-state index contributed by atoms with van der Waals surface area (Å²) in [5, 5.41) is 10.3. The molecule has 2 heterocycles. The molecule has 116 valence electrons. The van der Waals surface area contributed by atoms with Gasteiger partial charge in [-0.25, -0.2) is 14.8 Å². The van der Waals surface area contributed by atoms with E-state index >= 15 is 0 Å². The topological polar surface area (TPSA) is 75.6 Å². The molecule has 7 heteroatoms. The lowest BCUT2D eigenvalue weighted by Gasteiger charge is -2.32. The van der Waals surface area contributed by atoms with Crippen LogP contribution in [0.15, 0.2) is 24.5 Å². The Labute approximate surface area is 132 Å². The lowest BCUT2D eigenvalue weighted by atomic mass is 10.1. The molecule has 1 aliphatic heterocycles. The van der Waals surface area contributed by atoms with E-state index < -0.39 is 5.97 Å². The molecule has 3 rings (SSSR count). The Kier molecular flexibility index (Phi) is 4.40. The Morgan fingerprint density at radius 3 is 2.86 bits per heavy atom. The zero-order valence-corrected chi connectivity index (χ0v) is 12.7. The number of aromatic nitrogens is 2. The minimum absolute atomic E-state index is 0.00473. The van der Waals surface area contributed by atoms with Gasteiger partial charge in [-0.2, -0.15) is 0 Å². The van der Waals surface area contributed by atoms with Crippen molar-refractivity contribution < 1.29 is 14.6 Å². The Morgan fingerprint density at radius 1 is 1.36 bits per heavy atom. The molecule has 1 aromatic heterocycles. The summed E-state index contributed by atoms with van der Waals surface area (Å²) in [5.41, 5.74) is 0.821. The van der Waals surface area contributed by atoms with E-state index in [2.05, 4.69) is 14.9 Å². The van der Waals surface area contributed by atoms with Gasteiger partial charge in [0, 0.05) is 23.5 Å². The first-order valence-corrected chi connectivity index (χ1v) is 7.50. The zero-order chi connectivity index (χ0) is 15.5. The highest BCUT2D eigenvalue weighted by molar-refractivity contribution is 6.31. The number of piperidine rings is 1. The van der Waals surface area contributed by atoms with E-state index in [9.17, 15) is 4.79 Å². The minimum Gasteiger partial charge on any atom is -0.480 e. The highest BCUT2D eigenvalue weighted by Crippen LogP contribution is 2.27. The van der Waals surface area contributed by atoms with Crippen molar-refractivity contribution in [2.24, 2.45) is 0 Å². The van der Waals surface area contributed by atoms with Gasteiger partial charge in [-0.1, -0.05) is 11.6 Å². The number of halogens is 1. The van der Waals surface area contributed by atoms with Gasteiger partial charge in [-0.3, -0.25) is 0 Å². The van der Waals surface area contributed by atoms with E-state index in [1.807, 2.05) is 18.2 Å². The smallest absolute Gasteiger partial charge is 0.329 e. The van der Waals surface area contributed by atoms with Gasteiger partial charge < -0.3 is 14.7 Å². The van der Waals surface area contributed by atoms with Gasteiger partial charge in [0.15, 0.2) is 0 Å². The van der Waals surface area contributed by atoms with Gasteiger partial charge in [0.05, 0.1) is 11.6 Å². The summed E-state index contributed by atoms with van der Waals surface area (Å²) in [6.45, 7) is 1.32. The maximum absolute atomic E-state index is 10.5. The first kappa shape index (κ1) is 15.0. The molecule has 1 saturated heterocycles. The van der Waals surface area contributed by atoms with Gasteiger partial charge >= 0.3 is 5.97 Å². The summed E-state index contributed by atoms with van der Waals surface area (Å²) >= 11 is 6.00. The lowest BCUT2D eigenvalue weighted by molar-refractivity contribution is -0.144. The summed E-state index contributed by atoms with van der Waals surface area (Å²) < 4.78 is 5.36. The van der Waals surface area contributed by atoms with Crippen LogP contribution in [0.1, 0.15) is 12.8 Å². The van der Waals surface area contributed by atoms with Crippen LogP contribution in [0, 0.1) is 0 Å². The molecule has 0 atom stereocenters. The molecule has 0 bridgehead atoms. The molecule has 0 unspecified atom stereocenters. The van der Waals surface area contributed by atoms with Gasteiger partial charge in [-0.15, -0.1) is 0 Å². The first-order valence-electron chi connectivity index (χ1n) is 7.12. The van der Waals surface area contributed by atoms with Crippen LogP contribution in [-0.2, 0) is 9.53 Å². The van der Waals surface area contributed by atoms with Crippen molar-refractivity contribution in [3.8, 4) is 0 Å². The number of rotatable bonds is 4. The second-order valence-corrected chi connectivity index (χ2v) is 5.69. The normalized spacial score (nSPS) is 16.1. The largest absolute Gasteiger partial charge is 0.480 e. The molecular formula is C15H16ClN3O3. The molecule has 22 heavy (non-hydrogen) atoms. The van der Waals surface area contributed by atoms with Gasteiger partial charge in [0.1, 0.15) is 18.8 Å². The van der Waals surface area contributed by atoms with Crippen LogP contribution >= 0.6 is 11.6 Å². The van der Waals surface area contributed by atoms with E-state index in [4.69, 9.17) is 21.4 Å². The highest BCUT2D eigenvalue weighted by Gasteiger charge is 2.22. The van der Waals surface area contributed by atoms with Crippen LogP contribution < -0.4 is 4.90 Å². The van der Waals surface area contributed by atoms with Gasteiger partial charge in [0.2, 0.25) is 0 Å². The molecular weight excluding hydrogens is 306 g/mol. The SMILES string of the molecule is O=C(O)COC1CCN(c2ncnc3cc(Cl)ccc23)CC1. The van der Waals surface area contributed by atoms with Gasteiger partial charge in [0.25, 0.3) is 0 Å². The molecule has 1 fully saturated rings. The van der Waals surface area contributed by atoms with Crippen molar-refractivity contribution in [3.63, 3.8) is 0 Å². The van der Waals surface area contributed by atoms with Crippen molar-refractivity contribution in [3.05, 3.63) is 29.5 Å². The predicted octanol–water partition coefficient (Wildman–Crippen LogP) is 2.35. The molecule has 2 aromatic rings. The average molecular weight is 322 g/mol. The number of aliphatic carboxylic acids is 1. The molecule has 1 N–H and O–H groups in total. The van der Waals surface area contributed by atoms with Crippen molar-refractivity contribution in [1.29, 1.82) is 0 Å². The summed E-state index contributed by atoms with van der Waals surface area (Å²) in [6.07, 6.45) is 3.11. The molecule has 0 spiro atoms. The summed E-state index contributed by atoms with van der Waals surface area (Å²) in [5.74, 6) is -0.0422. The summed E-state index contributed by atoms with van der Waals surface area (Å²) in [6, 6.07) is 5.59. The number of hydrogen-bond donors (Lipinski definition) is 1. The maximum atomic E-state index is 10.5. The number of nitrogens with zero attached hydrogens (tertiary/aromatic N) is 3. The predicted molar refractivity (Wildman–Crippen MR) is 83.4 cm³/mol. The highest BCUT2D eigenvalue weighted by atomic mass is 35.5. The van der Waals surface area contributed by atoms with E-state index in [0.29, 0.717) is 5.02 Å². The van der Waals surface area contributed by atoms with Crippen molar-refractivity contribution in [1.82, 2.24) is 9.97 Å². The third-order valence-electron chi connectivity index (χ3n) is 3.76. The Bertz CT molecular complexity index is 687. The number of hydrogen-bond acceptors (Lipinski definition) is 5. The third kappa shape index (κ3) is 3.28. The maximum Gasteiger partial charge on any atom is 0.329 e. The fourth-order valence-corrected chi connectivity index (χ4v) is 2.86. The number of carboxylic acid groups (broad SMARTS) is 1. The van der Waals surface area contributed by atoms with Crippen molar-refractivity contribution >= 4 is 34.3 Å². The number of ether oxygens (including phenoxy) is 1. The van der Waals surface area contributed by atoms with Crippen LogP contribution in [0.3, 0.4) is 0 Å². The monoisotopic (exact) mass is 321 g/mol. The molecule has 1 aromatic carbocycles. The number of fused-ring (bicyclic) bond motifs is 1. The molecule has 0 amide bonds. The minimum atomic E-state index is -0.930. The average Bonchev–Trinajstić information content (AvgIpc) is 2.52. The Morgan fingerprint density at radius 2 is 2.14 bits per heavy atom. The second-order valence-electron chi connectivity index (χ2n) is 5.25. The number of benzene rings is 1. The van der Waals surface area contributed by atoms with Crippen LogP contribution in [-0.4, -0.2) is 46.8 Å². The quantitative estimate of drug-likeness (QED) is 0.931. The number of carbonyl (C=O) groups is 1. The van der Waals surface area contributed by atoms with E-state index in [1.165, 1.54) is 0 Å². The van der Waals surface area contributed by atoms with E-state index in [1.54, 1.807) is 6.33 Å². The van der Waals surface area contributed by atoms with E-state index in [0.717, 1.165) is 42.7 Å². The molecule has 0 saturated carbocycles. The second kappa shape index (κ2) is 6.46. The van der Waals surface area contributed by atoms with E-state index in [-0.39, 0.29) is 12.7 Å². The van der Waals surface area contributed by atoms with Gasteiger partial charge in [-0.05, 0) is 31.0 Å². The number of anilines is 1. The third-order valence-corrected chi connectivity index (χ3v) is 4.00. The fourth-order valence-electron chi connectivity index (χ4n) is 2.69. The molecule has 6 nitrogen and oxygen atoms in total. The zero-order valence-electron chi connectivity index (χ0n) is 11.9. The standard InChI is InChI=1S/C15H16ClN3O3/c16-10-1-2-12-13(7-10)17-9-18-15(12)19-5-3-11(4-6-19)22-8-14(20)21/h1-2,7,9,11H,3-6,8H2,(H,20,21). The lowest BCUT2D eigenvalue weighted by Crippen LogP contribution is -2.38. The summed E-state index contributed by atoms with van der Waals surface area (Å²) in [4.78, 5) is 21.4. The van der Waals surface area contributed by atoms with Crippen LogP contribution in [0.4, 0.5) is 5.82 Å². The molecule has 1 aliphatic rings. The fraction of sp³-hybridized carbons (Fsp3) is 0.400. The number of carboxylic acids is 1. The molecule has 0 radical (unpaired) electrons. The van der Waals surface area contributed by atoms with Crippen LogP contribution in [0.5, 0.6) is 0 Å². The van der Waals surface area contributed by atoms with Crippen LogP contribution in [0.2, 0.25) is 5.02 Å². The van der Waals surface area contributed by atoms with Crippen molar-refractivity contribution in [2.45, 2.75) is 18.9 Å². The van der Waals surface area contributed by atoms with Crippen LogP contribution in [0.25, 0.3) is 10.9 Å². The van der Waals surface area contributed by atoms with Crippen molar-refractivity contribution in [2.75, 3.05) is 24.6 Å². The summed E-state index contributed by atoms with van der Waals surface area (Å²) in [7, 11) is 0.